The fourth-order valence-corrected chi connectivity index (χ4v) is 2.35. The number of hydrazone groups is 1. The number of rotatable bonds is 7. The molecule has 0 saturated heterocycles. The number of methoxy groups -OCH3 is 1. The van der Waals surface area contributed by atoms with E-state index in [0.29, 0.717) is 0 Å². The summed E-state index contributed by atoms with van der Waals surface area (Å²) in [7, 11) is 3.18. The van der Waals surface area contributed by atoms with Crippen LogP contribution in [-0.2, 0) is 6.18 Å². The molecule has 0 amide bonds. The van der Waals surface area contributed by atoms with Crippen LogP contribution in [0.3, 0.4) is 0 Å². The highest BCUT2D eigenvalue weighted by molar-refractivity contribution is 5.80. The highest BCUT2D eigenvalue weighted by Crippen LogP contribution is 2.31. The minimum absolute atomic E-state index is 0.0517. The quantitative estimate of drug-likeness (QED) is 0.393. The van der Waals surface area contributed by atoms with Crippen LogP contribution in [0.4, 0.5) is 36.7 Å². The van der Waals surface area contributed by atoms with Gasteiger partial charge in [0, 0.05) is 12.7 Å². The van der Waals surface area contributed by atoms with Crippen LogP contribution in [0.25, 0.3) is 0 Å². The number of aromatic nitrogens is 3. The van der Waals surface area contributed by atoms with Crippen LogP contribution in [0.15, 0.2) is 53.6 Å². The first-order valence-corrected chi connectivity index (χ1v) is 8.68. The van der Waals surface area contributed by atoms with Crippen molar-refractivity contribution < 1.29 is 17.9 Å². The average molecular weight is 417 g/mol. The van der Waals surface area contributed by atoms with Gasteiger partial charge >= 0.3 is 6.18 Å². The fraction of sp³-hybridized carbons (Fsp3) is 0.158. The van der Waals surface area contributed by atoms with E-state index in [-0.39, 0.29) is 23.5 Å². The zero-order valence-corrected chi connectivity index (χ0v) is 16.0. The SMILES string of the molecule is CNc1nc(N/N=C/c2ccc(OC)cc2)nc(Nc2cccc(C(F)(F)F)c2)n1. The lowest BCUT2D eigenvalue weighted by molar-refractivity contribution is -0.137. The Kier molecular flexibility index (Phi) is 6.30. The molecule has 0 aliphatic carbocycles. The summed E-state index contributed by atoms with van der Waals surface area (Å²) in [5.41, 5.74) is 2.89. The van der Waals surface area contributed by atoms with Crippen LogP contribution in [-0.4, -0.2) is 35.3 Å². The molecule has 0 aliphatic rings. The van der Waals surface area contributed by atoms with Gasteiger partial charge in [0.25, 0.3) is 0 Å². The van der Waals surface area contributed by atoms with Crippen LogP contribution >= 0.6 is 0 Å². The normalized spacial score (nSPS) is 11.4. The van der Waals surface area contributed by atoms with Gasteiger partial charge in [-0.05, 0) is 48.0 Å². The number of hydrogen-bond donors (Lipinski definition) is 3. The maximum Gasteiger partial charge on any atom is 0.416 e. The molecule has 3 aromatic rings. The van der Waals surface area contributed by atoms with Crippen molar-refractivity contribution >= 4 is 29.7 Å². The van der Waals surface area contributed by atoms with Crippen LogP contribution in [0.1, 0.15) is 11.1 Å². The second-order valence-electron chi connectivity index (χ2n) is 5.90. The first-order valence-electron chi connectivity index (χ1n) is 8.68. The molecule has 0 spiro atoms. The molecule has 2 aromatic carbocycles. The molecule has 0 radical (unpaired) electrons. The molecular weight excluding hydrogens is 399 g/mol. The van der Waals surface area contributed by atoms with Gasteiger partial charge in [-0.1, -0.05) is 6.07 Å². The number of hydrogen-bond acceptors (Lipinski definition) is 8. The lowest BCUT2D eigenvalue weighted by atomic mass is 10.2. The Morgan fingerprint density at radius 1 is 0.967 bits per heavy atom. The number of halogens is 3. The van der Waals surface area contributed by atoms with E-state index in [1.807, 2.05) is 12.1 Å². The molecule has 3 N–H and O–H groups in total. The second-order valence-corrected chi connectivity index (χ2v) is 5.90. The van der Waals surface area contributed by atoms with E-state index in [1.165, 1.54) is 12.1 Å². The van der Waals surface area contributed by atoms with Crippen molar-refractivity contribution in [2.24, 2.45) is 5.10 Å². The molecule has 1 aromatic heterocycles. The van der Waals surface area contributed by atoms with E-state index in [0.717, 1.165) is 23.4 Å². The largest absolute Gasteiger partial charge is 0.497 e. The van der Waals surface area contributed by atoms with Crippen molar-refractivity contribution in [1.29, 1.82) is 0 Å². The van der Waals surface area contributed by atoms with Crippen molar-refractivity contribution in [3.05, 3.63) is 59.7 Å². The van der Waals surface area contributed by atoms with Gasteiger partial charge in [0.15, 0.2) is 0 Å². The minimum atomic E-state index is -4.45. The van der Waals surface area contributed by atoms with Crippen LogP contribution in [0.2, 0.25) is 0 Å². The average Bonchev–Trinajstić information content (AvgIpc) is 2.73. The van der Waals surface area contributed by atoms with Gasteiger partial charge in [0.1, 0.15) is 5.75 Å². The Labute approximate surface area is 170 Å². The summed E-state index contributed by atoms with van der Waals surface area (Å²) in [5, 5.41) is 9.57. The Bertz CT molecular complexity index is 1020. The van der Waals surface area contributed by atoms with Crippen molar-refractivity contribution in [2.75, 3.05) is 30.2 Å². The van der Waals surface area contributed by atoms with Gasteiger partial charge in [-0.15, -0.1) is 0 Å². The van der Waals surface area contributed by atoms with Gasteiger partial charge < -0.3 is 15.4 Å². The summed E-state index contributed by atoms with van der Waals surface area (Å²) in [4.78, 5) is 12.3. The van der Waals surface area contributed by atoms with Gasteiger partial charge in [0.2, 0.25) is 17.8 Å². The molecule has 8 nitrogen and oxygen atoms in total. The zero-order chi connectivity index (χ0) is 21.6. The maximum atomic E-state index is 12.9. The van der Waals surface area contributed by atoms with Gasteiger partial charge in [-0.3, -0.25) is 0 Å². The van der Waals surface area contributed by atoms with E-state index in [1.54, 1.807) is 32.5 Å². The Morgan fingerprint density at radius 3 is 2.33 bits per heavy atom. The third-order valence-electron chi connectivity index (χ3n) is 3.80. The molecule has 0 atom stereocenters. The predicted octanol–water partition coefficient (Wildman–Crippen LogP) is 4.13. The molecule has 0 saturated carbocycles. The summed E-state index contributed by atoms with van der Waals surface area (Å²) in [6, 6.07) is 11.9. The Balaban J connectivity index is 1.75. The minimum Gasteiger partial charge on any atom is -0.497 e. The van der Waals surface area contributed by atoms with Gasteiger partial charge in [0.05, 0.1) is 18.9 Å². The summed E-state index contributed by atoms with van der Waals surface area (Å²) >= 11 is 0. The van der Waals surface area contributed by atoms with E-state index < -0.39 is 11.7 Å². The summed E-state index contributed by atoms with van der Waals surface area (Å²) in [6.45, 7) is 0. The molecule has 11 heteroatoms. The molecule has 0 aliphatic heterocycles. The third kappa shape index (κ3) is 5.56. The first kappa shape index (κ1) is 20.8. The van der Waals surface area contributed by atoms with E-state index >= 15 is 0 Å². The molecule has 1 heterocycles. The smallest absolute Gasteiger partial charge is 0.416 e. The Hall–Kier alpha value is -3.89. The topological polar surface area (TPSA) is 96.4 Å². The number of nitrogens with one attached hydrogen (secondary N) is 3. The van der Waals surface area contributed by atoms with Crippen LogP contribution in [0, 0.1) is 0 Å². The number of alkyl halides is 3. The number of benzene rings is 2. The molecule has 3 rings (SSSR count). The van der Waals surface area contributed by atoms with Crippen LogP contribution in [0.5, 0.6) is 5.75 Å². The highest BCUT2D eigenvalue weighted by atomic mass is 19.4. The maximum absolute atomic E-state index is 12.9. The van der Waals surface area contributed by atoms with Crippen molar-refractivity contribution in [3.63, 3.8) is 0 Å². The third-order valence-corrected chi connectivity index (χ3v) is 3.80. The zero-order valence-electron chi connectivity index (χ0n) is 16.0. The molecular formula is C19H18F3N7O. The Morgan fingerprint density at radius 2 is 1.67 bits per heavy atom. The standard InChI is InChI=1S/C19H18F3N7O/c1-23-16-26-17(25-14-5-3-4-13(10-14)19(20,21)22)28-18(27-16)29-24-11-12-6-8-15(30-2)9-7-12/h3-11H,1-2H3,(H3,23,25,26,27,28,29)/b24-11+. The molecule has 0 unspecified atom stereocenters. The van der Waals surface area contributed by atoms with Gasteiger partial charge in [-0.25, -0.2) is 5.43 Å². The molecule has 156 valence electrons. The monoisotopic (exact) mass is 417 g/mol. The predicted molar refractivity (Wildman–Crippen MR) is 108 cm³/mol. The summed E-state index contributed by atoms with van der Waals surface area (Å²) in [5.74, 6) is 1.09. The molecule has 0 bridgehead atoms. The van der Waals surface area contributed by atoms with Gasteiger partial charge in [-0.2, -0.15) is 33.2 Å². The fourth-order valence-electron chi connectivity index (χ4n) is 2.35. The van der Waals surface area contributed by atoms with E-state index in [2.05, 4.69) is 36.1 Å². The van der Waals surface area contributed by atoms with Crippen molar-refractivity contribution in [2.45, 2.75) is 6.18 Å². The highest BCUT2D eigenvalue weighted by Gasteiger charge is 2.30. The lowest BCUT2D eigenvalue weighted by Gasteiger charge is -2.11. The second kappa shape index (κ2) is 9.07. The number of ether oxygens (including phenoxy) is 1. The number of anilines is 4. The molecule has 0 fully saturated rings. The summed E-state index contributed by atoms with van der Waals surface area (Å²) in [6.07, 6.45) is -2.89. The summed E-state index contributed by atoms with van der Waals surface area (Å²) < 4.78 is 43.8. The lowest BCUT2D eigenvalue weighted by Crippen LogP contribution is -2.08. The van der Waals surface area contributed by atoms with Crippen molar-refractivity contribution in [1.82, 2.24) is 15.0 Å². The van der Waals surface area contributed by atoms with Crippen molar-refractivity contribution in [3.8, 4) is 5.75 Å². The van der Waals surface area contributed by atoms with Crippen LogP contribution < -0.4 is 20.8 Å². The first-order chi connectivity index (χ1) is 14.4. The van der Waals surface area contributed by atoms with E-state index in [9.17, 15) is 13.2 Å². The van der Waals surface area contributed by atoms with E-state index in [4.69, 9.17) is 4.74 Å². The molecule has 30 heavy (non-hydrogen) atoms. The number of nitrogens with zero attached hydrogens (tertiary/aromatic N) is 4.